The maximum Gasteiger partial charge on any atom is 0.223 e. The van der Waals surface area contributed by atoms with Gasteiger partial charge in [0.15, 0.2) is 9.84 Å². The van der Waals surface area contributed by atoms with Crippen molar-refractivity contribution in [1.82, 2.24) is 19.8 Å². The molecular formula is C18H23FN4O3S. The molecule has 27 heavy (non-hydrogen) atoms. The van der Waals surface area contributed by atoms with Gasteiger partial charge in [-0.15, -0.1) is 0 Å². The predicted octanol–water partition coefficient (Wildman–Crippen LogP) is 0.820. The van der Waals surface area contributed by atoms with Crippen molar-refractivity contribution in [1.29, 1.82) is 0 Å². The lowest BCUT2D eigenvalue weighted by atomic mass is 10.00. The summed E-state index contributed by atoms with van der Waals surface area (Å²) in [5.74, 6) is 0.371. The van der Waals surface area contributed by atoms with Gasteiger partial charge in [0.1, 0.15) is 11.6 Å². The number of H-pyrrole nitrogens is 1. The average Bonchev–Trinajstić information content (AvgIpc) is 3.26. The normalized spacial score (nSPS) is 26.8. The summed E-state index contributed by atoms with van der Waals surface area (Å²) in [6.45, 7) is 0.762. The van der Waals surface area contributed by atoms with Crippen LogP contribution in [0.1, 0.15) is 12.2 Å². The van der Waals surface area contributed by atoms with Crippen molar-refractivity contribution in [3.05, 3.63) is 29.8 Å². The lowest BCUT2D eigenvalue weighted by Gasteiger charge is -2.25. The van der Waals surface area contributed by atoms with E-state index in [0.29, 0.717) is 29.8 Å². The van der Waals surface area contributed by atoms with Gasteiger partial charge in [-0.2, -0.15) is 0 Å². The van der Waals surface area contributed by atoms with E-state index in [1.165, 1.54) is 12.1 Å². The Hall–Kier alpha value is -2.00. The first-order valence-electron chi connectivity index (χ1n) is 9.04. The molecule has 3 heterocycles. The smallest absolute Gasteiger partial charge is 0.223 e. The maximum absolute atomic E-state index is 13.3. The molecule has 2 aromatic rings. The number of rotatable bonds is 4. The molecule has 2 saturated heterocycles. The molecule has 2 fully saturated rings. The SMILES string of the molecule is CN(C)[C@H]1CS(=O)(=O)[C@H]2CN(C(=O)CCc3nc4ccc(F)cc4[nH]3)C[C@@H]12. The van der Waals surface area contributed by atoms with Crippen molar-refractivity contribution >= 4 is 26.8 Å². The van der Waals surface area contributed by atoms with Crippen LogP contribution in [0, 0.1) is 11.7 Å². The summed E-state index contributed by atoms with van der Waals surface area (Å²) in [6.07, 6.45) is 0.652. The molecule has 4 rings (SSSR count). The molecule has 0 saturated carbocycles. The highest BCUT2D eigenvalue weighted by Gasteiger charge is 2.53. The highest BCUT2D eigenvalue weighted by Crippen LogP contribution is 2.36. The third kappa shape index (κ3) is 3.34. The predicted molar refractivity (Wildman–Crippen MR) is 99.5 cm³/mol. The molecule has 3 atom stereocenters. The molecule has 0 bridgehead atoms. The van der Waals surface area contributed by atoms with Gasteiger partial charge in [0.2, 0.25) is 5.91 Å². The number of carbonyl (C=O) groups is 1. The third-order valence-electron chi connectivity index (χ3n) is 5.75. The van der Waals surface area contributed by atoms with Gasteiger partial charge in [-0.3, -0.25) is 4.79 Å². The lowest BCUT2D eigenvalue weighted by Crippen LogP contribution is -2.38. The van der Waals surface area contributed by atoms with Gasteiger partial charge in [0.05, 0.1) is 22.0 Å². The minimum atomic E-state index is -3.16. The molecule has 1 aromatic carbocycles. The highest BCUT2D eigenvalue weighted by atomic mass is 32.2. The van der Waals surface area contributed by atoms with Crippen LogP contribution < -0.4 is 0 Å². The first kappa shape index (κ1) is 18.4. The van der Waals surface area contributed by atoms with E-state index >= 15 is 0 Å². The Labute approximate surface area is 157 Å². The number of aromatic nitrogens is 2. The Morgan fingerprint density at radius 2 is 2.15 bits per heavy atom. The van der Waals surface area contributed by atoms with Crippen LogP contribution in [0.25, 0.3) is 11.0 Å². The van der Waals surface area contributed by atoms with E-state index in [-0.39, 0.29) is 42.4 Å². The molecule has 0 aliphatic carbocycles. The summed E-state index contributed by atoms with van der Waals surface area (Å²) >= 11 is 0. The molecule has 7 nitrogen and oxygen atoms in total. The summed E-state index contributed by atoms with van der Waals surface area (Å²) in [7, 11) is 0.610. The fourth-order valence-corrected chi connectivity index (χ4v) is 6.78. The number of aryl methyl sites for hydroxylation is 1. The van der Waals surface area contributed by atoms with Gasteiger partial charge in [0, 0.05) is 37.9 Å². The Balaban J connectivity index is 1.42. The number of nitrogens with one attached hydrogen (secondary N) is 1. The summed E-state index contributed by atoms with van der Waals surface area (Å²) < 4.78 is 38.1. The molecule has 9 heteroatoms. The zero-order valence-corrected chi connectivity index (χ0v) is 16.2. The van der Waals surface area contributed by atoms with Gasteiger partial charge < -0.3 is 14.8 Å². The van der Waals surface area contributed by atoms with Crippen molar-refractivity contribution in [2.45, 2.75) is 24.1 Å². The number of benzene rings is 1. The summed E-state index contributed by atoms with van der Waals surface area (Å²) in [5, 5.41) is -0.456. The summed E-state index contributed by atoms with van der Waals surface area (Å²) in [5.41, 5.74) is 1.27. The van der Waals surface area contributed by atoms with Crippen molar-refractivity contribution in [2.24, 2.45) is 5.92 Å². The number of likely N-dealkylation sites (tertiary alicyclic amines) is 1. The Morgan fingerprint density at radius 3 is 2.89 bits per heavy atom. The summed E-state index contributed by atoms with van der Waals surface area (Å²) in [4.78, 5) is 23.6. The van der Waals surface area contributed by atoms with Gasteiger partial charge in [-0.25, -0.2) is 17.8 Å². The molecule has 2 aliphatic heterocycles. The number of nitrogens with zero attached hydrogens (tertiary/aromatic N) is 3. The number of carbonyl (C=O) groups excluding carboxylic acids is 1. The lowest BCUT2D eigenvalue weighted by molar-refractivity contribution is -0.130. The number of hydrogen-bond donors (Lipinski definition) is 1. The van der Waals surface area contributed by atoms with E-state index in [1.54, 1.807) is 11.0 Å². The van der Waals surface area contributed by atoms with E-state index in [4.69, 9.17) is 0 Å². The van der Waals surface area contributed by atoms with Crippen LogP contribution in [0.4, 0.5) is 4.39 Å². The van der Waals surface area contributed by atoms with Crippen LogP contribution in [-0.4, -0.2) is 78.3 Å². The first-order valence-corrected chi connectivity index (χ1v) is 10.8. The monoisotopic (exact) mass is 394 g/mol. The number of halogens is 1. The van der Waals surface area contributed by atoms with Crippen LogP contribution in [0.3, 0.4) is 0 Å². The van der Waals surface area contributed by atoms with Crippen molar-refractivity contribution in [2.75, 3.05) is 32.9 Å². The fraction of sp³-hybridized carbons (Fsp3) is 0.556. The Kier molecular flexibility index (Phi) is 4.46. The Morgan fingerprint density at radius 1 is 1.37 bits per heavy atom. The van der Waals surface area contributed by atoms with E-state index in [9.17, 15) is 17.6 Å². The second-order valence-electron chi connectivity index (χ2n) is 7.71. The molecule has 0 unspecified atom stereocenters. The maximum atomic E-state index is 13.3. The minimum Gasteiger partial charge on any atom is -0.342 e. The van der Waals surface area contributed by atoms with Crippen molar-refractivity contribution in [3.8, 4) is 0 Å². The van der Waals surface area contributed by atoms with E-state index in [2.05, 4.69) is 9.97 Å². The molecule has 2 aliphatic rings. The topological polar surface area (TPSA) is 86.4 Å². The largest absolute Gasteiger partial charge is 0.342 e. The molecule has 1 N–H and O–H groups in total. The number of fused-ring (bicyclic) bond motifs is 2. The molecule has 0 radical (unpaired) electrons. The molecule has 1 amide bonds. The zero-order chi connectivity index (χ0) is 19.3. The van der Waals surface area contributed by atoms with Gasteiger partial charge >= 0.3 is 0 Å². The second kappa shape index (κ2) is 6.56. The number of imidazole rings is 1. The first-order chi connectivity index (χ1) is 12.7. The fourth-order valence-electron chi connectivity index (χ4n) is 4.31. The van der Waals surface area contributed by atoms with Gasteiger partial charge in [-0.05, 0) is 32.3 Å². The molecular weight excluding hydrogens is 371 g/mol. The average molecular weight is 394 g/mol. The molecule has 0 spiro atoms. The van der Waals surface area contributed by atoms with Crippen molar-refractivity contribution in [3.63, 3.8) is 0 Å². The van der Waals surface area contributed by atoms with E-state index in [0.717, 1.165) is 0 Å². The van der Waals surface area contributed by atoms with Gasteiger partial charge in [0.25, 0.3) is 0 Å². The quantitative estimate of drug-likeness (QED) is 0.830. The Bertz CT molecular complexity index is 988. The van der Waals surface area contributed by atoms with Gasteiger partial charge in [-0.1, -0.05) is 0 Å². The second-order valence-corrected chi connectivity index (χ2v) is 9.97. The van der Waals surface area contributed by atoms with Crippen LogP contribution in [0.5, 0.6) is 0 Å². The minimum absolute atomic E-state index is 0.0249. The number of aromatic amines is 1. The number of amides is 1. The standard InChI is InChI=1S/C18H23FN4O3S/c1-22(2)15-10-27(25,26)16-9-23(8-12(15)16)18(24)6-5-17-20-13-4-3-11(19)7-14(13)21-17/h3-4,7,12,15-16H,5-6,8-10H2,1-2H3,(H,20,21)/t12-,15-,16-/m0/s1. The summed E-state index contributed by atoms with van der Waals surface area (Å²) in [6, 6.07) is 4.29. The van der Waals surface area contributed by atoms with Crippen LogP contribution in [-0.2, 0) is 21.1 Å². The zero-order valence-electron chi connectivity index (χ0n) is 15.4. The number of sulfone groups is 1. The van der Waals surface area contributed by atoms with E-state index < -0.39 is 15.1 Å². The molecule has 146 valence electrons. The van der Waals surface area contributed by atoms with Crippen molar-refractivity contribution < 1.29 is 17.6 Å². The van der Waals surface area contributed by atoms with Crippen LogP contribution >= 0.6 is 0 Å². The van der Waals surface area contributed by atoms with E-state index in [1.807, 2.05) is 19.0 Å². The highest BCUT2D eigenvalue weighted by molar-refractivity contribution is 7.92. The van der Waals surface area contributed by atoms with Crippen LogP contribution in [0.2, 0.25) is 0 Å². The van der Waals surface area contributed by atoms with Crippen LogP contribution in [0.15, 0.2) is 18.2 Å². The third-order valence-corrected chi connectivity index (χ3v) is 7.98. The number of hydrogen-bond acceptors (Lipinski definition) is 5. The molecule has 1 aromatic heterocycles.